The van der Waals surface area contributed by atoms with E-state index < -0.39 is 5.92 Å². The average molecular weight is 191 g/mol. The van der Waals surface area contributed by atoms with E-state index in [0.29, 0.717) is 5.92 Å². The molecule has 1 fully saturated rings. The number of hydrogen-bond acceptors (Lipinski definition) is 1. The number of halogens is 2. The van der Waals surface area contributed by atoms with Crippen molar-refractivity contribution in [1.82, 2.24) is 4.90 Å². The summed E-state index contributed by atoms with van der Waals surface area (Å²) in [5, 5.41) is 0. The molecule has 0 N–H and O–H groups in total. The Morgan fingerprint density at radius 2 is 1.77 bits per heavy atom. The van der Waals surface area contributed by atoms with E-state index >= 15 is 0 Å². The number of rotatable bonds is 2. The van der Waals surface area contributed by atoms with Crippen LogP contribution in [0, 0.1) is 5.92 Å². The van der Waals surface area contributed by atoms with Crippen LogP contribution in [0.4, 0.5) is 8.78 Å². The lowest BCUT2D eigenvalue weighted by Crippen LogP contribution is -2.39. The Morgan fingerprint density at radius 1 is 1.23 bits per heavy atom. The Labute approximate surface area is 79.1 Å². The third kappa shape index (κ3) is 2.39. The maximum absolute atomic E-state index is 13.1. The van der Waals surface area contributed by atoms with Crippen LogP contribution in [0.25, 0.3) is 0 Å². The molecule has 0 aromatic heterocycles. The van der Waals surface area contributed by atoms with Gasteiger partial charge in [-0.3, -0.25) is 4.90 Å². The van der Waals surface area contributed by atoms with E-state index in [-0.39, 0.29) is 25.0 Å². The molecular weight excluding hydrogens is 172 g/mol. The summed E-state index contributed by atoms with van der Waals surface area (Å²) in [4.78, 5) is 1.92. The molecule has 0 saturated carbocycles. The molecule has 1 atom stereocenters. The van der Waals surface area contributed by atoms with Crippen LogP contribution in [0.5, 0.6) is 0 Å². The Balaban J connectivity index is 2.71. The minimum absolute atomic E-state index is 0.0306. The predicted molar refractivity (Wildman–Crippen MR) is 50.0 cm³/mol. The second-order valence-corrected chi connectivity index (χ2v) is 4.64. The van der Waals surface area contributed by atoms with Gasteiger partial charge in [-0.1, -0.05) is 13.8 Å². The Bertz CT molecular complexity index is 160. The number of hydrogen-bond donors (Lipinski definition) is 0. The number of alkyl halides is 2. The molecule has 1 rings (SSSR count). The molecule has 1 saturated heterocycles. The van der Waals surface area contributed by atoms with Crippen molar-refractivity contribution in [1.29, 1.82) is 0 Å². The normalized spacial score (nSPS) is 29.1. The van der Waals surface area contributed by atoms with Gasteiger partial charge in [0, 0.05) is 18.5 Å². The Kier molecular flexibility index (Phi) is 2.95. The topological polar surface area (TPSA) is 3.24 Å². The van der Waals surface area contributed by atoms with Gasteiger partial charge in [-0.15, -0.1) is 0 Å². The molecule has 0 aromatic rings. The zero-order valence-corrected chi connectivity index (χ0v) is 8.85. The zero-order valence-electron chi connectivity index (χ0n) is 8.85. The van der Waals surface area contributed by atoms with Crippen LogP contribution in [0.1, 0.15) is 34.1 Å². The standard InChI is InChI=1S/C10H19F2N/c1-7(2)9-5-10(11,12)6-13(9)8(3)4/h7-9H,5-6H2,1-4H3/t9-/m0/s1. The van der Waals surface area contributed by atoms with Crippen LogP contribution < -0.4 is 0 Å². The van der Waals surface area contributed by atoms with Crippen molar-refractivity contribution >= 4 is 0 Å². The van der Waals surface area contributed by atoms with Gasteiger partial charge in [0.25, 0.3) is 5.92 Å². The van der Waals surface area contributed by atoms with Gasteiger partial charge in [-0.05, 0) is 19.8 Å². The molecule has 1 nitrogen and oxygen atoms in total. The fourth-order valence-corrected chi connectivity index (χ4v) is 2.06. The van der Waals surface area contributed by atoms with Crippen LogP contribution in [0.2, 0.25) is 0 Å². The molecule has 0 bridgehead atoms. The molecule has 13 heavy (non-hydrogen) atoms. The van der Waals surface area contributed by atoms with Crippen molar-refractivity contribution in [2.45, 2.75) is 52.1 Å². The highest BCUT2D eigenvalue weighted by atomic mass is 19.3. The maximum atomic E-state index is 13.1. The Hall–Kier alpha value is -0.180. The van der Waals surface area contributed by atoms with Gasteiger partial charge in [0.15, 0.2) is 0 Å². The summed E-state index contributed by atoms with van der Waals surface area (Å²) in [7, 11) is 0. The van der Waals surface area contributed by atoms with Crippen LogP contribution >= 0.6 is 0 Å². The van der Waals surface area contributed by atoms with Gasteiger partial charge < -0.3 is 0 Å². The van der Waals surface area contributed by atoms with Crippen LogP contribution in [0.3, 0.4) is 0 Å². The number of nitrogens with zero attached hydrogens (tertiary/aromatic N) is 1. The fraction of sp³-hybridized carbons (Fsp3) is 1.00. The van der Waals surface area contributed by atoms with Crippen molar-refractivity contribution < 1.29 is 8.78 Å². The highest BCUT2D eigenvalue weighted by molar-refractivity contribution is 4.93. The first-order valence-electron chi connectivity index (χ1n) is 4.97. The molecule has 0 unspecified atom stereocenters. The highest BCUT2D eigenvalue weighted by Gasteiger charge is 2.46. The second kappa shape index (κ2) is 3.52. The maximum Gasteiger partial charge on any atom is 0.262 e. The fourth-order valence-electron chi connectivity index (χ4n) is 2.06. The monoisotopic (exact) mass is 191 g/mol. The lowest BCUT2D eigenvalue weighted by atomic mass is 10.0. The van der Waals surface area contributed by atoms with E-state index in [9.17, 15) is 8.78 Å². The average Bonchev–Trinajstić information content (AvgIpc) is 2.26. The summed E-state index contributed by atoms with van der Waals surface area (Å²) >= 11 is 0. The second-order valence-electron chi connectivity index (χ2n) is 4.64. The minimum Gasteiger partial charge on any atom is -0.292 e. The van der Waals surface area contributed by atoms with Gasteiger partial charge in [0.2, 0.25) is 0 Å². The smallest absolute Gasteiger partial charge is 0.262 e. The molecule has 0 aromatic carbocycles. The summed E-state index contributed by atoms with van der Waals surface area (Å²) in [5.74, 6) is -2.16. The molecule has 3 heteroatoms. The lowest BCUT2D eigenvalue weighted by molar-refractivity contribution is 0.00915. The van der Waals surface area contributed by atoms with E-state index in [1.165, 1.54) is 0 Å². The first-order valence-corrected chi connectivity index (χ1v) is 4.97. The lowest BCUT2D eigenvalue weighted by Gasteiger charge is -2.29. The van der Waals surface area contributed by atoms with E-state index in [1.807, 2.05) is 32.6 Å². The Morgan fingerprint density at radius 3 is 2.08 bits per heavy atom. The van der Waals surface area contributed by atoms with Crippen molar-refractivity contribution in [2.24, 2.45) is 5.92 Å². The van der Waals surface area contributed by atoms with Crippen LogP contribution in [-0.2, 0) is 0 Å². The predicted octanol–water partition coefficient (Wildman–Crippen LogP) is 2.76. The van der Waals surface area contributed by atoms with E-state index in [2.05, 4.69) is 0 Å². The van der Waals surface area contributed by atoms with E-state index in [1.54, 1.807) is 0 Å². The van der Waals surface area contributed by atoms with Gasteiger partial charge >= 0.3 is 0 Å². The SMILES string of the molecule is CC(C)[C@@H]1CC(F)(F)CN1C(C)C. The minimum atomic E-state index is -2.47. The highest BCUT2D eigenvalue weighted by Crippen LogP contribution is 2.36. The van der Waals surface area contributed by atoms with Crippen molar-refractivity contribution in [3.63, 3.8) is 0 Å². The van der Waals surface area contributed by atoms with Gasteiger partial charge in [-0.2, -0.15) is 0 Å². The van der Waals surface area contributed by atoms with Crippen molar-refractivity contribution in [2.75, 3.05) is 6.54 Å². The number of likely N-dealkylation sites (tertiary alicyclic amines) is 1. The summed E-state index contributed by atoms with van der Waals surface area (Å²) in [6.45, 7) is 7.93. The van der Waals surface area contributed by atoms with Crippen molar-refractivity contribution in [3.8, 4) is 0 Å². The van der Waals surface area contributed by atoms with Gasteiger partial charge in [0.05, 0.1) is 6.54 Å². The third-order valence-electron chi connectivity index (χ3n) is 2.78. The molecular formula is C10H19F2N. The van der Waals surface area contributed by atoms with Crippen LogP contribution in [-0.4, -0.2) is 29.5 Å². The van der Waals surface area contributed by atoms with Gasteiger partial charge in [0.1, 0.15) is 0 Å². The van der Waals surface area contributed by atoms with E-state index in [4.69, 9.17) is 0 Å². The third-order valence-corrected chi connectivity index (χ3v) is 2.78. The van der Waals surface area contributed by atoms with Gasteiger partial charge in [-0.25, -0.2) is 8.78 Å². The summed E-state index contributed by atoms with van der Waals surface area (Å²) in [6.07, 6.45) is 0.0306. The first-order chi connectivity index (χ1) is 5.83. The quantitative estimate of drug-likeness (QED) is 0.648. The van der Waals surface area contributed by atoms with E-state index in [0.717, 1.165) is 0 Å². The summed E-state index contributed by atoms with van der Waals surface area (Å²) in [5.41, 5.74) is 0. The molecule has 0 aliphatic carbocycles. The molecule has 1 heterocycles. The molecule has 1 aliphatic heterocycles. The molecule has 0 radical (unpaired) electrons. The molecule has 78 valence electrons. The molecule has 1 aliphatic rings. The summed E-state index contributed by atoms with van der Waals surface area (Å²) in [6, 6.07) is 0.274. The first kappa shape index (κ1) is 10.9. The largest absolute Gasteiger partial charge is 0.292 e. The molecule has 0 spiro atoms. The summed E-state index contributed by atoms with van der Waals surface area (Å²) < 4.78 is 26.2. The van der Waals surface area contributed by atoms with Crippen molar-refractivity contribution in [3.05, 3.63) is 0 Å². The zero-order chi connectivity index (χ0) is 10.2. The van der Waals surface area contributed by atoms with Crippen LogP contribution in [0.15, 0.2) is 0 Å². The molecule has 0 amide bonds.